The van der Waals surface area contributed by atoms with Crippen LogP contribution in [0.1, 0.15) is 42.1 Å². The van der Waals surface area contributed by atoms with E-state index >= 15 is 0 Å². The minimum Gasteiger partial charge on any atom is -0.486 e. The van der Waals surface area contributed by atoms with Gasteiger partial charge < -0.3 is 14.4 Å². The van der Waals surface area contributed by atoms with E-state index in [-0.39, 0.29) is 20.1 Å². The first-order valence-corrected chi connectivity index (χ1v) is 14.7. The molecule has 221 valence electrons. The second-order valence-corrected chi connectivity index (χ2v) is 11.0. The zero-order valence-corrected chi connectivity index (χ0v) is 27.4. The predicted molar refractivity (Wildman–Crippen MR) is 175 cm³/mol. The molecule has 7 aromatic rings. The van der Waals surface area contributed by atoms with Crippen LogP contribution >= 0.6 is 0 Å². The molecule has 4 aromatic heterocycles. The van der Waals surface area contributed by atoms with E-state index in [9.17, 15) is 0 Å². The molecule has 5 heteroatoms. The zero-order valence-electron chi connectivity index (χ0n) is 25.0. The van der Waals surface area contributed by atoms with Gasteiger partial charge in [-0.25, -0.2) is 4.98 Å². The molecule has 3 aromatic carbocycles. The van der Waals surface area contributed by atoms with E-state index in [1.165, 1.54) is 16.7 Å². The van der Waals surface area contributed by atoms with Gasteiger partial charge in [-0.15, -0.1) is 54.1 Å². The Morgan fingerprint density at radius 2 is 1.59 bits per heavy atom. The summed E-state index contributed by atoms with van der Waals surface area (Å²) in [6.45, 7) is 6.41. The third kappa shape index (κ3) is 7.19. The van der Waals surface area contributed by atoms with Crippen molar-refractivity contribution in [1.29, 1.82) is 0 Å². The van der Waals surface area contributed by atoms with Crippen LogP contribution in [-0.2, 0) is 32.9 Å². The van der Waals surface area contributed by atoms with Crippen LogP contribution in [-0.4, -0.2) is 15.0 Å². The number of benzene rings is 3. The average molecular weight is 752 g/mol. The summed E-state index contributed by atoms with van der Waals surface area (Å²) in [5, 5.41) is 2.08. The monoisotopic (exact) mass is 752 g/mol. The second-order valence-electron chi connectivity index (χ2n) is 11.0. The van der Waals surface area contributed by atoms with Crippen LogP contribution in [0, 0.1) is 19.1 Å². The second kappa shape index (κ2) is 14.4. The molecule has 0 bridgehead atoms. The smallest absolute Gasteiger partial charge is 0.216 e. The number of aromatic nitrogens is 3. The SMILES string of the molecule is CC(C)c1ccnc(-c2[c-]ccc3c2oc2nc(CCc4ccccc4)ccc23)c1.Cc1ccc(-c2[c-]cccc2)nc1.[Ir]. The number of fused-ring (bicyclic) bond motifs is 3. The van der Waals surface area contributed by atoms with Crippen LogP contribution in [0.2, 0.25) is 0 Å². The van der Waals surface area contributed by atoms with Crippen molar-refractivity contribution in [3.05, 3.63) is 150 Å². The van der Waals surface area contributed by atoms with Gasteiger partial charge in [-0.1, -0.05) is 78.9 Å². The van der Waals surface area contributed by atoms with Crippen molar-refractivity contribution in [3.63, 3.8) is 0 Å². The van der Waals surface area contributed by atoms with Gasteiger partial charge >= 0.3 is 0 Å². The minimum absolute atomic E-state index is 0. The Balaban J connectivity index is 0.000000230. The number of aryl methyl sites for hydroxylation is 3. The largest absolute Gasteiger partial charge is 0.486 e. The Morgan fingerprint density at radius 3 is 2.34 bits per heavy atom. The average Bonchev–Trinajstić information content (AvgIpc) is 3.43. The molecule has 0 aliphatic heterocycles. The predicted octanol–water partition coefficient (Wildman–Crippen LogP) is 9.61. The van der Waals surface area contributed by atoms with Crippen LogP contribution in [0.4, 0.5) is 0 Å². The van der Waals surface area contributed by atoms with Crippen molar-refractivity contribution < 1.29 is 24.5 Å². The van der Waals surface area contributed by atoms with Gasteiger partial charge in [-0.2, -0.15) is 0 Å². The molecule has 0 aliphatic rings. The Bertz CT molecular complexity index is 1950. The van der Waals surface area contributed by atoms with Crippen molar-refractivity contribution in [3.8, 4) is 22.5 Å². The summed E-state index contributed by atoms with van der Waals surface area (Å²) in [5.74, 6) is 0.440. The molecule has 0 spiro atoms. The summed E-state index contributed by atoms with van der Waals surface area (Å²) in [7, 11) is 0. The number of hydrogen-bond donors (Lipinski definition) is 0. The summed E-state index contributed by atoms with van der Waals surface area (Å²) < 4.78 is 6.25. The van der Waals surface area contributed by atoms with E-state index in [2.05, 4.69) is 90.5 Å². The van der Waals surface area contributed by atoms with Gasteiger partial charge in [0.1, 0.15) is 0 Å². The Morgan fingerprint density at radius 1 is 0.750 bits per heavy atom. The molecule has 1 radical (unpaired) electrons. The fraction of sp³-hybridized carbons (Fsp3) is 0.154. The normalized spacial score (nSPS) is 10.8. The fourth-order valence-corrected chi connectivity index (χ4v) is 5.03. The van der Waals surface area contributed by atoms with Crippen LogP contribution in [0.5, 0.6) is 0 Å². The van der Waals surface area contributed by atoms with E-state index in [0.717, 1.165) is 57.4 Å². The fourth-order valence-electron chi connectivity index (χ4n) is 5.03. The topological polar surface area (TPSA) is 51.8 Å². The van der Waals surface area contributed by atoms with E-state index in [4.69, 9.17) is 9.40 Å². The van der Waals surface area contributed by atoms with Crippen molar-refractivity contribution in [2.24, 2.45) is 0 Å². The molecule has 7 rings (SSSR count). The molecule has 0 atom stereocenters. The number of rotatable bonds is 6. The molecule has 0 amide bonds. The standard InChI is InChI=1S/C27H23N2O.C12H10N.Ir/c1-18(2)20-15-16-28-25(17-20)24-10-6-9-22-23-14-13-21(29-27(23)30-26(22)24)12-11-19-7-4-3-5-8-19;1-10-7-8-12(13-9-10)11-5-3-2-4-6-11;/h3-9,13-18H,11-12H2,1-2H3;2-5,7-9H,1H3;/q2*-1;. The zero-order chi connectivity index (χ0) is 29.6. The Labute approximate surface area is 272 Å². The molecule has 4 nitrogen and oxygen atoms in total. The van der Waals surface area contributed by atoms with Crippen molar-refractivity contribution in [2.75, 3.05) is 0 Å². The third-order valence-electron chi connectivity index (χ3n) is 7.47. The summed E-state index contributed by atoms with van der Waals surface area (Å²) in [6.07, 6.45) is 5.58. The molecule has 0 aliphatic carbocycles. The van der Waals surface area contributed by atoms with E-state index in [1.807, 2.05) is 67.8 Å². The van der Waals surface area contributed by atoms with Crippen LogP contribution in [0.3, 0.4) is 0 Å². The maximum atomic E-state index is 6.25. The molecular formula is C39H33IrN3O-2. The Hall–Kier alpha value is -4.44. The van der Waals surface area contributed by atoms with Gasteiger partial charge in [0.25, 0.3) is 0 Å². The first-order chi connectivity index (χ1) is 21.0. The molecule has 0 saturated heterocycles. The van der Waals surface area contributed by atoms with Gasteiger partial charge in [0, 0.05) is 43.6 Å². The van der Waals surface area contributed by atoms with Gasteiger partial charge in [0.15, 0.2) is 0 Å². The van der Waals surface area contributed by atoms with E-state index in [1.54, 1.807) is 0 Å². The molecular weight excluding hydrogens is 719 g/mol. The quantitative estimate of drug-likeness (QED) is 0.159. The first kappa shape index (κ1) is 31.0. The molecule has 44 heavy (non-hydrogen) atoms. The van der Waals surface area contributed by atoms with Crippen molar-refractivity contribution >= 4 is 22.1 Å². The van der Waals surface area contributed by atoms with Gasteiger partial charge in [0.05, 0.1) is 5.58 Å². The van der Waals surface area contributed by atoms with Crippen LogP contribution in [0.25, 0.3) is 44.6 Å². The van der Waals surface area contributed by atoms with Crippen molar-refractivity contribution in [1.82, 2.24) is 15.0 Å². The first-order valence-electron chi connectivity index (χ1n) is 14.7. The molecule has 0 fully saturated rings. The van der Waals surface area contributed by atoms with Gasteiger partial charge in [-0.3, -0.25) is 0 Å². The number of furan rings is 1. The minimum atomic E-state index is 0. The number of pyridine rings is 3. The van der Waals surface area contributed by atoms with E-state index < -0.39 is 0 Å². The van der Waals surface area contributed by atoms with E-state index in [0.29, 0.717) is 11.6 Å². The molecule has 4 heterocycles. The maximum Gasteiger partial charge on any atom is 0.216 e. The molecule has 0 N–H and O–H groups in total. The van der Waals surface area contributed by atoms with Crippen molar-refractivity contribution in [2.45, 2.75) is 39.5 Å². The summed E-state index contributed by atoms with van der Waals surface area (Å²) in [6, 6.07) is 41.3. The molecule has 0 saturated carbocycles. The summed E-state index contributed by atoms with van der Waals surface area (Å²) in [4.78, 5) is 13.7. The number of hydrogen-bond acceptors (Lipinski definition) is 4. The van der Waals surface area contributed by atoms with Crippen LogP contribution in [0.15, 0.2) is 120 Å². The molecule has 0 unspecified atom stereocenters. The summed E-state index contributed by atoms with van der Waals surface area (Å²) in [5.41, 5.74) is 10.1. The summed E-state index contributed by atoms with van der Waals surface area (Å²) >= 11 is 0. The Kier molecular flexibility index (Phi) is 10.1. The maximum absolute atomic E-state index is 6.25. The van der Waals surface area contributed by atoms with Crippen LogP contribution < -0.4 is 0 Å². The van der Waals surface area contributed by atoms with Gasteiger partial charge in [-0.05, 0) is 66.4 Å². The third-order valence-corrected chi connectivity index (χ3v) is 7.47. The number of nitrogens with zero attached hydrogens (tertiary/aromatic N) is 3. The van der Waals surface area contributed by atoms with Gasteiger partial charge in [0.2, 0.25) is 5.71 Å².